The van der Waals surface area contributed by atoms with Crippen molar-refractivity contribution in [2.24, 2.45) is 23.2 Å². The highest BCUT2D eigenvalue weighted by Gasteiger charge is 2.67. The summed E-state index contributed by atoms with van der Waals surface area (Å²) in [4.78, 5) is 83.0. The van der Waals surface area contributed by atoms with E-state index in [-0.39, 0.29) is 48.8 Å². The first-order valence-corrected chi connectivity index (χ1v) is 30.7. The third-order valence-corrected chi connectivity index (χ3v) is 20.0. The van der Waals surface area contributed by atoms with E-state index in [4.69, 9.17) is 14.5 Å². The van der Waals surface area contributed by atoms with Crippen molar-refractivity contribution in [1.82, 2.24) is 39.4 Å². The van der Waals surface area contributed by atoms with Gasteiger partial charge in [-0.2, -0.15) is 0 Å². The molecule has 2 aliphatic carbocycles. The zero-order chi connectivity index (χ0) is 57.0. The molecule has 16 nitrogen and oxygen atoms in total. The normalized spacial score (nSPS) is 26.2. The van der Waals surface area contributed by atoms with Crippen LogP contribution in [0.3, 0.4) is 0 Å². The number of benzene rings is 3. The monoisotopic (exact) mass is 1120 g/mol. The second-order valence-electron chi connectivity index (χ2n) is 24.6. The van der Waals surface area contributed by atoms with Gasteiger partial charge in [0.2, 0.25) is 17.7 Å². The number of nitrogens with zero attached hydrogens (tertiary/aromatic N) is 6. The molecule has 0 radical (unpaired) electrons. The molecule has 3 aromatic carbocycles. The van der Waals surface area contributed by atoms with E-state index >= 15 is 9.59 Å². The first-order chi connectivity index (χ1) is 39.0. The van der Waals surface area contributed by atoms with Gasteiger partial charge in [-0.05, 0) is 150 Å². The molecule has 3 saturated heterocycles. The number of fused-ring (bicyclic) bond motifs is 6. The van der Waals surface area contributed by atoms with Crippen molar-refractivity contribution in [2.75, 3.05) is 33.9 Å². The number of cyclic esters (lactones) is 1. The van der Waals surface area contributed by atoms with Crippen molar-refractivity contribution >= 4 is 51.9 Å². The molecule has 6 heterocycles. The van der Waals surface area contributed by atoms with Gasteiger partial charge >= 0.3 is 5.97 Å². The maximum Gasteiger partial charge on any atom is 0.324 e. The van der Waals surface area contributed by atoms with Crippen LogP contribution in [0.25, 0.3) is 33.3 Å². The van der Waals surface area contributed by atoms with Crippen LogP contribution in [0, 0.1) is 30.1 Å². The number of hydrogen-bond acceptors (Lipinski definition) is 11. The SMILES string of the molecule is CCn1c(-c2cccnc2[C@H](C)OC)c2c3cc(ccc31)-c1cccc(c1)C[C@H](NC(=O)[C@H](C1CCCC1)N(C)C(=O)[C@@H]1CCN(C(=O)[C@H]3[C@@H](C4CC4)N3[S+]([O-])c3ccc(C)cc3)[C@H]1C)C(=O)N1CCC[C@H](N1)C(=O)OCC(C)(C)C2. The highest BCUT2D eigenvalue weighted by Crippen LogP contribution is 2.51. The largest absolute Gasteiger partial charge is 0.593 e. The van der Waals surface area contributed by atoms with E-state index in [1.807, 2.05) is 67.5 Å². The molecule has 2 unspecified atom stereocenters. The van der Waals surface area contributed by atoms with Gasteiger partial charge in [-0.3, -0.25) is 34.0 Å². The molecule has 6 aliphatic rings. The predicted molar refractivity (Wildman–Crippen MR) is 311 cm³/mol. The average Bonchev–Trinajstić information content (AvgIpc) is 3.68. The Labute approximate surface area is 479 Å². The van der Waals surface area contributed by atoms with Crippen molar-refractivity contribution in [3.63, 3.8) is 0 Å². The maximum atomic E-state index is 15.3. The van der Waals surface area contributed by atoms with Gasteiger partial charge in [0, 0.05) is 74.3 Å². The molecule has 5 aromatic rings. The Morgan fingerprint density at radius 1 is 0.951 bits per heavy atom. The lowest BCUT2D eigenvalue weighted by atomic mass is 9.84. The molecule has 4 aliphatic heterocycles. The number of ether oxygens (including phenoxy) is 2. The van der Waals surface area contributed by atoms with Crippen molar-refractivity contribution in [3.05, 3.63) is 107 Å². The third-order valence-electron chi connectivity index (χ3n) is 18.4. The number of rotatable bonds is 13. The Bertz CT molecular complexity index is 3190. The number of aromatic nitrogens is 2. The summed E-state index contributed by atoms with van der Waals surface area (Å²) in [6, 6.07) is 22.6. The summed E-state index contributed by atoms with van der Waals surface area (Å²) in [5, 5.41) is 5.76. The van der Waals surface area contributed by atoms with Crippen LogP contribution < -0.4 is 10.7 Å². The molecule has 2 saturated carbocycles. The zero-order valence-electron chi connectivity index (χ0n) is 48.3. The van der Waals surface area contributed by atoms with Gasteiger partial charge in [0.15, 0.2) is 10.9 Å². The van der Waals surface area contributed by atoms with Crippen LogP contribution in [0.2, 0.25) is 0 Å². The van der Waals surface area contributed by atoms with E-state index in [2.05, 4.69) is 72.5 Å². The van der Waals surface area contributed by atoms with Gasteiger partial charge in [0.05, 0.1) is 47.4 Å². The summed E-state index contributed by atoms with van der Waals surface area (Å²) in [6.45, 7) is 13.8. The van der Waals surface area contributed by atoms with Crippen LogP contribution in [0.15, 0.2) is 90.0 Å². The molecule has 2 N–H and O–H groups in total. The molecular formula is C64H80N8O8S. The number of pyridine rings is 1. The summed E-state index contributed by atoms with van der Waals surface area (Å²) in [6.07, 6.45) is 9.04. The Morgan fingerprint density at radius 2 is 1.70 bits per heavy atom. The molecule has 11 rings (SSSR count). The maximum absolute atomic E-state index is 15.3. The lowest BCUT2D eigenvalue weighted by Crippen LogP contribution is -2.62. The molecule has 4 amide bonds. The molecule has 2 aromatic heterocycles. The standard InChI is InChI=1S/C64H80N8O8S/c1-9-69-53-28-25-45-35-49(53)50(57(69)48-19-13-30-65-54(48)40(4)79-8)36-64(5,6)37-80-63(77)51-20-14-31-71(67-51)61(75)52(34-41-15-12-18-44(45)33-41)66-59(73)56(42-16-10-11-17-42)68(7)60(74)47-29-32-70(39(47)3)62(76)58-55(43-23-24-43)72(58)81(78)46-26-21-38(2)22-27-46/h12-13,15,18-19,21-22,25-28,30,33,35,39-40,42-43,47,51-52,55-56,58,67H,9-11,14,16-17,20,23-24,29,31-32,34,36-37H2,1-8H3,(H,66,73)/t39-,40-,47+,51-,52-,55+,56-,58+,72?,81?/m0/s1. The highest BCUT2D eigenvalue weighted by atomic mass is 32.2. The quantitative estimate of drug-likeness (QED) is 0.0656. The number of likely N-dealkylation sites (N-methyl/N-ethyl adjacent to an activating group) is 1. The minimum atomic E-state index is -1.49. The van der Waals surface area contributed by atoms with Gasteiger partial charge in [0.1, 0.15) is 18.1 Å². The molecule has 6 bridgehead atoms. The van der Waals surface area contributed by atoms with Crippen molar-refractivity contribution < 1.29 is 38.0 Å². The number of likely N-dealkylation sites (tertiary alicyclic amines) is 1. The molecule has 10 atom stereocenters. The van der Waals surface area contributed by atoms with Gasteiger partial charge in [-0.25, -0.2) is 5.43 Å². The van der Waals surface area contributed by atoms with Crippen molar-refractivity contribution in [3.8, 4) is 22.4 Å². The number of nitrogens with one attached hydrogen (secondary N) is 2. The minimum absolute atomic E-state index is 0.0930. The lowest BCUT2D eigenvalue weighted by molar-refractivity contribution is -0.155. The van der Waals surface area contributed by atoms with Crippen LogP contribution in [0.4, 0.5) is 0 Å². The third kappa shape index (κ3) is 11.3. The number of esters is 1. The smallest absolute Gasteiger partial charge is 0.324 e. The van der Waals surface area contributed by atoms with Crippen LogP contribution in [-0.4, -0.2) is 133 Å². The van der Waals surface area contributed by atoms with Crippen LogP contribution in [0.5, 0.6) is 0 Å². The van der Waals surface area contributed by atoms with Crippen LogP contribution in [-0.2, 0) is 64.2 Å². The van der Waals surface area contributed by atoms with Crippen molar-refractivity contribution in [2.45, 2.75) is 166 Å². The fourth-order valence-electron chi connectivity index (χ4n) is 13.7. The molecule has 5 fully saturated rings. The molecule has 17 heteroatoms. The second kappa shape index (κ2) is 23.3. The molecule has 81 heavy (non-hydrogen) atoms. The number of carbonyl (C=O) groups is 5. The Hall–Kier alpha value is -6.11. The number of methoxy groups -OCH3 is 1. The first kappa shape index (κ1) is 56.7. The summed E-state index contributed by atoms with van der Waals surface area (Å²) in [5.74, 6) is -1.92. The van der Waals surface area contributed by atoms with E-state index in [1.165, 1.54) is 5.01 Å². The van der Waals surface area contributed by atoms with Crippen LogP contribution in [0.1, 0.15) is 121 Å². The Morgan fingerprint density at radius 3 is 2.43 bits per heavy atom. The number of hydrogen-bond donors (Lipinski definition) is 2. The van der Waals surface area contributed by atoms with E-state index in [9.17, 15) is 18.9 Å². The summed E-state index contributed by atoms with van der Waals surface area (Å²) >= 11 is -1.49. The van der Waals surface area contributed by atoms with Gasteiger partial charge in [-0.1, -0.05) is 74.7 Å². The zero-order valence-corrected chi connectivity index (χ0v) is 49.1. The van der Waals surface area contributed by atoms with E-state index in [0.717, 1.165) is 94.2 Å². The number of aryl methyl sites for hydroxylation is 2. The van der Waals surface area contributed by atoms with E-state index in [0.29, 0.717) is 56.1 Å². The van der Waals surface area contributed by atoms with Gasteiger partial charge < -0.3 is 33.7 Å². The molecule has 0 spiro atoms. The van der Waals surface area contributed by atoms with Crippen molar-refractivity contribution in [1.29, 1.82) is 0 Å². The van der Waals surface area contributed by atoms with Gasteiger partial charge in [0.25, 0.3) is 5.91 Å². The number of hydrazine groups is 1. The number of amides is 4. The predicted octanol–water partition coefficient (Wildman–Crippen LogP) is 8.49. The lowest BCUT2D eigenvalue weighted by Gasteiger charge is -2.37. The fourth-order valence-corrected chi connectivity index (χ4v) is 15.2. The summed E-state index contributed by atoms with van der Waals surface area (Å²) in [7, 11) is 3.40. The topological polar surface area (TPSA) is 181 Å². The molecule has 430 valence electrons. The molecular weight excluding hydrogens is 1040 g/mol. The van der Waals surface area contributed by atoms with Gasteiger partial charge in [-0.15, -0.1) is 4.31 Å². The van der Waals surface area contributed by atoms with E-state index in [1.54, 1.807) is 30.2 Å². The minimum Gasteiger partial charge on any atom is -0.593 e. The summed E-state index contributed by atoms with van der Waals surface area (Å²) < 4.78 is 30.2. The van der Waals surface area contributed by atoms with Crippen LogP contribution >= 0.6 is 0 Å². The fraction of sp³-hybridized carbons (Fsp3) is 0.531. The summed E-state index contributed by atoms with van der Waals surface area (Å²) in [5.41, 5.74) is 11.6. The Balaban J connectivity index is 0.887. The Kier molecular flexibility index (Phi) is 16.3. The van der Waals surface area contributed by atoms with E-state index < -0.39 is 64.8 Å². The number of carbonyl (C=O) groups excluding carboxylic acids is 5. The second-order valence-corrected chi connectivity index (χ2v) is 26.0. The first-order valence-electron chi connectivity index (χ1n) is 29.6. The highest BCUT2D eigenvalue weighted by molar-refractivity contribution is 7.89. The average molecular weight is 1120 g/mol.